The average Bonchev–Trinajstić information content (AvgIpc) is 3.47. The van der Waals surface area contributed by atoms with Gasteiger partial charge in [0.25, 0.3) is 0 Å². The third kappa shape index (κ3) is 5.04. The number of amides is 1. The van der Waals surface area contributed by atoms with Gasteiger partial charge in [-0.3, -0.25) is 9.36 Å². The van der Waals surface area contributed by atoms with Gasteiger partial charge in [0.05, 0.1) is 26.2 Å². The highest BCUT2D eigenvalue weighted by atomic mass is 32.2. The molecule has 0 saturated heterocycles. The second-order valence-corrected chi connectivity index (χ2v) is 8.33. The van der Waals surface area contributed by atoms with Crippen LogP contribution in [0.15, 0.2) is 46.2 Å². The maximum absolute atomic E-state index is 12.6. The van der Waals surface area contributed by atoms with Crippen molar-refractivity contribution in [2.75, 3.05) is 25.3 Å². The minimum Gasteiger partial charge on any atom is -0.497 e. The fourth-order valence-corrected chi connectivity index (χ4v) is 4.63. The number of anilines is 1. The van der Waals surface area contributed by atoms with Crippen LogP contribution in [0.1, 0.15) is 38.1 Å². The average molecular weight is 443 g/mol. The van der Waals surface area contributed by atoms with E-state index in [1.807, 2.05) is 12.1 Å². The molecule has 2 aromatic heterocycles. The summed E-state index contributed by atoms with van der Waals surface area (Å²) in [5, 5.41) is 12.4. The van der Waals surface area contributed by atoms with E-state index in [0.29, 0.717) is 29.0 Å². The van der Waals surface area contributed by atoms with Crippen LogP contribution in [-0.4, -0.2) is 40.6 Å². The molecule has 1 aromatic carbocycles. The molecule has 1 aliphatic rings. The summed E-state index contributed by atoms with van der Waals surface area (Å²) >= 11 is 1.38. The number of aromatic nitrogens is 3. The molecule has 2 heterocycles. The summed E-state index contributed by atoms with van der Waals surface area (Å²) in [7, 11) is 3.15. The molecule has 0 atom stereocenters. The first kappa shape index (κ1) is 21.3. The molecule has 1 N–H and O–H groups in total. The Morgan fingerprint density at radius 1 is 1.16 bits per heavy atom. The van der Waals surface area contributed by atoms with Gasteiger partial charge in [-0.25, -0.2) is 0 Å². The number of nitrogens with one attached hydrogen (secondary N) is 1. The predicted octanol–water partition coefficient (Wildman–Crippen LogP) is 4.79. The van der Waals surface area contributed by atoms with Gasteiger partial charge >= 0.3 is 0 Å². The Balaban J connectivity index is 1.49. The summed E-state index contributed by atoms with van der Waals surface area (Å²) in [4.78, 5) is 12.6. The van der Waals surface area contributed by atoms with Crippen LogP contribution < -0.4 is 14.8 Å². The number of furan rings is 1. The molecule has 1 saturated carbocycles. The summed E-state index contributed by atoms with van der Waals surface area (Å²) in [6, 6.07) is 9.32. The third-order valence-corrected chi connectivity index (χ3v) is 6.26. The molecule has 9 heteroatoms. The number of hydrogen-bond donors (Lipinski definition) is 1. The summed E-state index contributed by atoms with van der Waals surface area (Å²) in [6.45, 7) is 0. The van der Waals surface area contributed by atoms with Gasteiger partial charge in [0, 0.05) is 29.9 Å². The lowest BCUT2D eigenvalue weighted by atomic mass is 9.95. The van der Waals surface area contributed by atoms with Crippen molar-refractivity contribution in [1.29, 1.82) is 0 Å². The topological polar surface area (TPSA) is 91.4 Å². The van der Waals surface area contributed by atoms with Crippen molar-refractivity contribution in [3.05, 3.63) is 36.6 Å². The van der Waals surface area contributed by atoms with Gasteiger partial charge in [-0.15, -0.1) is 10.2 Å². The van der Waals surface area contributed by atoms with Crippen LogP contribution in [0, 0.1) is 0 Å². The maximum atomic E-state index is 12.6. The Kier molecular flexibility index (Phi) is 6.81. The molecular formula is C22H26N4O4S. The van der Waals surface area contributed by atoms with Crippen LogP contribution in [0.4, 0.5) is 5.69 Å². The molecule has 31 heavy (non-hydrogen) atoms. The van der Waals surface area contributed by atoms with Gasteiger partial charge in [0.2, 0.25) is 11.7 Å². The van der Waals surface area contributed by atoms with Crippen molar-refractivity contribution in [2.24, 2.45) is 0 Å². The second-order valence-electron chi connectivity index (χ2n) is 7.38. The van der Waals surface area contributed by atoms with Crippen LogP contribution in [0.3, 0.4) is 0 Å². The lowest BCUT2D eigenvalue weighted by Gasteiger charge is -2.25. The van der Waals surface area contributed by atoms with Gasteiger partial charge in [-0.1, -0.05) is 31.0 Å². The van der Waals surface area contributed by atoms with Gasteiger partial charge in [0.1, 0.15) is 11.5 Å². The Labute approximate surface area is 185 Å². The van der Waals surface area contributed by atoms with Crippen molar-refractivity contribution in [2.45, 2.75) is 43.3 Å². The molecular weight excluding hydrogens is 416 g/mol. The second kappa shape index (κ2) is 9.91. The molecule has 4 rings (SSSR count). The minimum atomic E-state index is -0.141. The molecule has 1 amide bonds. The number of rotatable bonds is 8. The first-order valence-corrected chi connectivity index (χ1v) is 11.3. The molecule has 8 nitrogen and oxygen atoms in total. The van der Waals surface area contributed by atoms with E-state index >= 15 is 0 Å². The molecule has 164 valence electrons. The molecule has 0 radical (unpaired) electrons. The van der Waals surface area contributed by atoms with Gasteiger partial charge < -0.3 is 19.2 Å². The highest BCUT2D eigenvalue weighted by Gasteiger charge is 2.25. The largest absolute Gasteiger partial charge is 0.497 e. The molecule has 0 aliphatic heterocycles. The van der Waals surface area contributed by atoms with Crippen LogP contribution in [0.5, 0.6) is 11.5 Å². The van der Waals surface area contributed by atoms with Gasteiger partial charge in [-0.2, -0.15) is 0 Å². The Bertz CT molecular complexity index is 990. The molecule has 0 unspecified atom stereocenters. The number of thioether (sulfide) groups is 1. The number of nitrogens with zero attached hydrogens (tertiary/aromatic N) is 3. The van der Waals surface area contributed by atoms with E-state index in [0.717, 1.165) is 23.8 Å². The van der Waals surface area contributed by atoms with Crippen molar-refractivity contribution in [1.82, 2.24) is 14.8 Å². The zero-order valence-corrected chi connectivity index (χ0v) is 18.5. The highest BCUT2D eigenvalue weighted by molar-refractivity contribution is 7.99. The van der Waals surface area contributed by atoms with Crippen LogP contribution in [0.2, 0.25) is 0 Å². The van der Waals surface area contributed by atoms with E-state index < -0.39 is 0 Å². The first-order chi connectivity index (χ1) is 15.2. The number of methoxy groups -OCH3 is 2. The summed E-state index contributed by atoms with van der Waals surface area (Å²) < 4.78 is 18.2. The van der Waals surface area contributed by atoms with Gasteiger partial charge in [-0.05, 0) is 25.0 Å². The number of carbonyl (C=O) groups is 1. The Morgan fingerprint density at radius 3 is 2.55 bits per heavy atom. The summed E-state index contributed by atoms with van der Waals surface area (Å²) in [5.41, 5.74) is 0.617. The molecule has 0 spiro atoms. The minimum absolute atomic E-state index is 0.141. The van der Waals surface area contributed by atoms with E-state index in [4.69, 9.17) is 13.9 Å². The highest BCUT2D eigenvalue weighted by Crippen LogP contribution is 2.35. The smallest absolute Gasteiger partial charge is 0.234 e. The van der Waals surface area contributed by atoms with Crippen molar-refractivity contribution in [3.63, 3.8) is 0 Å². The number of hydrogen-bond acceptors (Lipinski definition) is 7. The van der Waals surface area contributed by atoms with E-state index in [1.165, 1.54) is 31.0 Å². The Morgan fingerprint density at radius 2 is 1.90 bits per heavy atom. The molecule has 1 aliphatic carbocycles. The van der Waals surface area contributed by atoms with E-state index in [1.54, 1.807) is 38.7 Å². The Hall–Kier alpha value is -2.94. The maximum Gasteiger partial charge on any atom is 0.234 e. The molecule has 1 fully saturated rings. The van der Waals surface area contributed by atoms with Crippen LogP contribution in [0.25, 0.3) is 11.6 Å². The lowest BCUT2D eigenvalue weighted by molar-refractivity contribution is -0.113. The third-order valence-electron chi connectivity index (χ3n) is 5.31. The molecule has 3 aromatic rings. The van der Waals surface area contributed by atoms with Crippen molar-refractivity contribution in [3.8, 4) is 23.1 Å². The zero-order valence-electron chi connectivity index (χ0n) is 17.7. The fraction of sp³-hybridized carbons (Fsp3) is 0.409. The lowest BCUT2D eigenvalue weighted by Crippen LogP contribution is -2.17. The van der Waals surface area contributed by atoms with Gasteiger partial charge in [0.15, 0.2) is 10.9 Å². The number of ether oxygens (including phenoxy) is 2. The summed E-state index contributed by atoms with van der Waals surface area (Å²) in [6.07, 6.45) is 7.41. The SMILES string of the molecule is COc1cc(NC(=O)CSc2nnc(-c3ccco3)n2C2CCCCC2)cc(OC)c1. The molecule has 0 bridgehead atoms. The summed E-state index contributed by atoms with van der Waals surface area (Å²) in [5.74, 6) is 2.71. The van der Waals surface area contributed by atoms with Crippen LogP contribution in [-0.2, 0) is 4.79 Å². The van der Waals surface area contributed by atoms with Crippen LogP contribution >= 0.6 is 11.8 Å². The normalized spacial score (nSPS) is 14.4. The van der Waals surface area contributed by atoms with E-state index in [2.05, 4.69) is 20.1 Å². The zero-order chi connectivity index (χ0) is 21.6. The first-order valence-electron chi connectivity index (χ1n) is 10.3. The van der Waals surface area contributed by atoms with Crippen molar-refractivity contribution >= 4 is 23.4 Å². The standard InChI is InChI=1S/C22H26N4O4S/c1-28-17-11-15(12-18(13-17)29-2)23-20(27)14-31-22-25-24-21(19-9-6-10-30-19)26(22)16-7-4-3-5-8-16/h6,9-13,16H,3-5,7-8,14H2,1-2H3,(H,23,27). The predicted molar refractivity (Wildman–Crippen MR) is 119 cm³/mol. The van der Waals surface area contributed by atoms with Crippen molar-refractivity contribution < 1.29 is 18.7 Å². The van der Waals surface area contributed by atoms with E-state index in [9.17, 15) is 4.79 Å². The quantitative estimate of drug-likeness (QED) is 0.501. The number of benzene rings is 1. The monoisotopic (exact) mass is 442 g/mol. The number of carbonyl (C=O) groups excluding carboxylic acids is 1. The van der Waals surface area contributed by atoms with E-state index in [-0.39, 0.29) is 11.7 Å². The fourth-order valence-electron chi connectivity index (χ4n) is 3.82.